The standard InChI is InChI=1S/C14H14N4O/c1-9-6-12(15)14-17-16-13(18(14)8-9)10-4-3-5-11(7-10)19-2/h3-8H,15H2,1-2H3. The fourth-order valence-electron chi connectivity index (χ4n) is 2.12. The molecule has 0 aliphatic rings. The van der Waals surface area contributed by atoms with Gasteiger partial charge in [0.25, 0.3) is 0 Å². The molecule has 2 heterocycles. The maximum Gasteiger partial charge on any atom is 0.184 e. The molecule has 5 heteroatoms. The molecule has 2 N–H and O–H groups in total. The van der Waals surface area contributed by atoms with Crippen molar-refractivity contribution in [3.63, 3.8) is 0 Å². The Hall–Kier alpha value is -2.56. The largest absolute Gasteiger partial charge is 0.497 e. The Morgan fingerprint density at radius 3 is 2.84 bits per heavy atom. The molecular formula is C14H14N4O. The van der Waals surface area contributed by atoms with E-state index in [0.29, 0.717) is 11.3 Å². The van der Waals surface area contributed by atoms with Crippen LogP contribution in [0.3, 0.4) is 0 Å². The molecule has 3 aromatic rings. The second-order valence-electron chi connectivity index (χ2n) is 4.42. The zero-order valence-corrected chi connectivity index (χ0v) is 10.8. The third-order valence-corrected chi connectivity index (χ3v) is 3.00. The predicted octanol–water partition coefficient (Wildman–Crippen LogP) is 2.30. The summed E-state index contributed by atoms with van der Waals surface area (Å²) in [5.74, 6) is 1.54. The van der Waals surface area contributed by atoms with Crippen LogP contribution in [0.1, 0.15) is 5.56 Å². The molecule has 19 heavy (non-hydrogen) atoms. The molecular weight excluding hydrogens is 240 g/mol. The van der Waals surface area contributed by atoms with Crippen molar-refractivity contribution in [2.24, 2.45) is 0 Å². The van der Waals surface area contributed by atoms with E-state index in [9.17, 15) is 0 Å². The SMILES string of the molecule is COc1cccc(-c2nnc3c(N)cc(C)cn23)c1. The Labute approximate surface area is 110 Å². The molecule has 0 bridgehead atoms. The highest BCUT2D eigenvalue weighted by Crippen LogP contribution is 2.25. The molecule has 0 spiro atoms. The van der Waals surface area contributed by atoms with Crippen molar-refractivity contribution in [1.29, 1.82) is 0 Å². The molecule has 96 valence electrons. The van der Waals surface area contributed by atoms with Gasteiger partial charge >= 0.3 is 0 Å². The molecule has 0 radical (unpaired) electrons. The quantitative estimate of drug-likeness (QED) is 0.762. The van der Waals surface area contributed by atoms with Gasteiger partial charge in [-0.25, -0.2) is 0 Å². The lowest BCUT2D eigenvalue weighted by Gasteiger charge is -2.05. The first-order chi connectivity index (χ1) is 9.19. The fourth-order valence-corrected chi connectivity index (χ4v) is 2.12. The van der Waals surface area contributed by atoms with E-state index < -0.39 is 0 Å². The van der Waals surface area contributed by atoms with Crippen LogP contribution >= 0.6 is 0 Å². The Kier molecular flexibility index (Phi) is 2.59. The number of nitrogens with zero attached hydrogens (tertiary/aromatic N) is 3. The number of anilines is 1. The highest BCUT2D eigenvalue weighted by Gasteiger charge is 2.11. The Morgan fingerprint density at radius 2 is 2.05 bits per heavy atom. The number of aryl methyl sites for hydroxylation is 1. The van der Waals surface area contributed by atoms with Crippen LogP contribution < -0.4 is 10.5 Å². The number of benzene rings is 1. The van der Waals surface area contributed by atoms with E-state index >= 15 is 0 Å². The van der Waals surface area contributed by atoms with Gasteiger partial charge in [-0.1, -0.05) is 12.1 Å². The van der Waals surface area contributed by atoms with Gasteiger partial charge in [0.1, 0.15) is 5.75 Å². The van der Waals surface area contributed by atoms with Crippen molar-refractivity contribution in [3.8, 4) is 17.1 Å². The Balaban J connectivity index is 2.25. The topological polar surface area (TPSA) is 65.4 Å². The number of hydrogen-bond acceptors (Lipinski definition) is 4. The lowest BCUT2D eigenvalue weighted by Crippen LogP contribution is -1.96. The number of rotatable bonds is 2. The summed E-state index contributed by atoms with van der Waals surface area (Å²) < 4.78 is 7.13. The van der Waals surface area contributed by atoms with Gasteiger partial charge in [0.05, 0.1) is 12.8 Å². The first-order valence-electron chi connectivity index (χ1n) is 5.94. The smallest absolute Gasteiger partial charge is 0.184 e. The van der Waals surface area contributed by atoms with Crippen molar-refractivity contribution in [2.45, 2.75) is 6.92 Å². The number of methoxy groups -OCH3 is 1. The number of nitrogens with two attached hydrogens (primary N) is 1. The highest BCUT2D eigenvalue weighted by molar-refractivity contribution is 5.70. The number of aromatic nitrogens is 3. The Morgan fingerprint density at radius 1 is 1.21 bits per heavy atom. The third-order valence-electron chi connectivity index (χ3n) is 3.00. The average molecular weight is 254 g/mol. The van der Waals surface area contributed by atoms with Gasteiger partial charge in [0.15, 0.2) is 11.5 Å². The van der Waals surface area contributed by atoms with E-state index in [4.69, 9.17) is 10.5 Å². The first-order valence-corrected chi connectivity index (χ1v) is 5.94. The summed E-state index contributed by atoms with van der Waals surface area (Å²) >= 11 is 0. The second-order valence-corrected chi connectivity index (χ2v) is 4.42. The lowest BCUT2D eigenvalue weighted by atomic mass is 10.2. The summed E-state index contributed by atoms with van der Waals surface area (Å²) in [4.78, 5) is 0. The van der Waals surface area contributed by atoms with Crippen molar-refractivity contribution in [3.05, 3.63) is 42.1 Å². The summed E-state index contributed by atoms with van der Waals surface area (Å²) in [6.07, 6.45) is 1.97. The van der Waals surface area contributed by atoms with E-state index in [-0.39, 0.29) is 0 Å². The number of ether oxygens (including phenoxy) is 1. The van der Waals surface area contributed by atoms with Crippen LogP contribution in [-0.2, 0) is 0 Å². The van der Waals surface area contributed by atoms with Crippen LogP contribution in [0.25, 0.3) is 17.0 Å². The Bertz CT molecular complexity index is 748. The maximum absolute atomic E-state index is 5.96. The molecule has 0 fully saturated rings. The molecule has 2 aromatic heterocycles. The van der Waals surface area contributed by atoms with Gasteiger partial charge in [-0.05, 0) is 30.7 Å². The van der Waals surface area contributed by atoms with Crippen LogP contribution in [0.5, 0.6) is 5.75 Å². The van der Waals surface area contributed by atoms with Gasteiger partial charge in [-0.3, -0.25) is 4.40 Å². The molecule has 1 aromatic carbocycles. The summed E-state index contributed by atoms with van der Waals surface area (Å²) in [7, 11) is 1.64. The van der Waals surface area contributed by atoms with E-state index in [1.807, 2.05) is 47.9 Å². The summed E-state index contributed by atoms with van der Waals surface area (Å²) in [5, 5.41) is 8.36. The predicted molar refractivity (Wildman–Crippen MR) is 74.1 cm³/mol. The van der Waals surface area contributed by atoms with Gasteiger partial charge in [-0.2, -0.15) is 0 Å². The molecule has 0 unspecified atom stereocenters. The maximum atomic E-state index is 5.96. The average Bonchev–Trinajstić information content (AvgIpc) is 2.82. The summed E-state index contributed by atoms with van der Waals surface area (Å²) in [5.41, 5.74) is 9.26. The number of nitrogen functional groups attached to an aromatic ring is 1. The zero-order valence-electron chi connectivity index (χ0n) is 10.8. The number of hydrogen-bond donors (Lipinski definition) is 1. The molecule has 0 saturated carbocycles. The van der Waals surface area contributed by atoms with Gasteiger partial charge in [0, 0.05) is 11.8 Å². The van der Waals surface area contributed by atoms with Crippen molar-refractivity contribution in [1.82, 2.24) is 14.6 Å². The summed E-state index contributed by atoms with van der Waals surface area (Å²) in [6.45, 7) is 1.99. The minimum Gasteiger partial charge on any atom is -0.497 e. The van der Waals surface area contributed by atoms with E-state index in [1.54, 1.807) is 7.11 Å². The van der Waals surface area contributed by atoms with Crippen molar-refractivity contribution in [2.75, 3.05) is 12.8 Å². The molecule has 0 amide bonds. The van der Waals surface area contributed by atoms with Gasteiger partial charge in [-0.15, -0.1) is 10.2 Å². The highest BCUT2D eigenvalue weighted by atomic mass is 16.5. The molecule has 5 nitrogen and oxygen atoms in total. The van der Waals surface area contributed by atoms with E-state index in [2.05, 4.69) is 10.2 Å². The van der Waals surface area contributed by atoms with Gasteiger partial charge < -0.3 is 10.5 Å². The summed E-state index contributed by atoms with van der Waals surface area (Å²) in [6, 6.07) is 9.60. The second kappa shape index (κ2) is 4.28. The molecule has 3 rings (SSSR count). The third kappa shape index (κ3) is 1.89. The van der Waals surface area contributed by atoms with Crippen molar-refractivity contribution >= 4 is 11.3 Å². The molecule has 0 saturated heterocycles. The first kappa shape index (κ1) is 11.5. The van der Waals surface area contributed by atoms with Crippen LogP contribution in [-0.4, -0.2) is 21.7 Å². The van der Waals surface area contributed by atoms with Crippen LogP contribution in [0.2, 0.25) is 0 Å². The van der Waals surface area contributed by atoms with Crippen LogP contribution in [0, 0.1) is 6.92 Å². The number of fused-ring (bicyclic) bond motifs is 1. The normalized spacial score (nSPS) is 10.8. The van der Waals surface area contributed by atoms with Crippen LogP contribution in [0.15, 0.2) is 36.5 Å². The minimum absolute atomic E-state index is 0.627. The van der Waals surface area contributed by atoms with Crippen molar-refractivity contribution < 1.29 is 4.74 Å². The van der Waals surface area contributed by atoms with E-state index in [1.165, 1.54) is 0 Å². The lowest BCUT2D eigenvalue weighted by molar-refractivity contribution is 0.415. The fraction of sp³-hybridized carbons (Fsp3) is 0.143. The number of pyridine rings is 1. The van der Waals surface area contributed by atoms with Crippen LogP contribution in [0.4, 0.5) is 5.69 Å². The van der Waals surface area contributed by atoms with E-state index in [0.717, 1.165) is 22.7 Å². The zero-order chi connectivity index (χ0) is 13.4. The van der Waals surface area contributed by atoms with Gasteiger partial charge in [0.2, 0.25) is 0 Å². The molecule has 0 aliphatic carbocycles. The minimum atomic E-state index is 0.627. The molecule has 0 aliphatic heterocycles. The molecule has 0 atom stereocenters. The monoisotopic (exact) mass is 254 g/mol.